The lowest BCUT2D eigenvalue weighted by molar-refractivity contribution is -0.122. The number of hydrogen-bond acceptors (Lipinski definition) is 3. The van der Waals surface area contributed by atoms with Crippen LogP contribution >= 0.6 is 0 Å². The fourth-order valence-electron chi connectivity index (χ4n) is 2.35. The molecule has 2 aromatic rings. The maximum Gasteiger partial charge on any atom is 0.224 e. The summed E-state index contributed by atoms with van der Waals surface area (Å²) < 4.78 is 0. The molecule has 0 fully saturated rings. The standard InChI is InChI=1S/C18H24N2O2/c1-4-13(2)18(3,22)12-20-17(21)10-14-9-15-7-5-6-8-16(15)19-11-14/h5-9,11,13,22H,4,10,12H2,1-3H3,(H,20,21)/t13-,18-/m0/s1. The molecule has 0 spiro atoms. The predicted octanol–water partition coefficient (Wildman–Crippen LogP) is 2.69. The van der Waals surface area contributed by atoms with Gasteiger partial charge in [0.05, 0.1) is 17.5 Å². The Hall–Kier alpha value is -1.94. The van der Waals surface area contributed by atoms with E-state index in [4.69, 9.17) is 0 Å². The molecule has 0 bridgehead atoms. The first-order valence-electron chi connectivity index (χ1n) is 7.75. The second-order valence-electron chi connectivity index (χ2n) is 6.16. The lowest BCUT2D eigenvalue weighted by Crippen LogP contribution is -2.45. The van der Waals surface area contributed by atoms with Gasteiger partial charge in [-0.2, -0.15) is 0 Å². The fraction of sp³-hybridized carbons (Fsp3) is 0.444. The zero-order valence-electron chi connectivity index (χ0n) is 13.5. The molecule has 0 saturated carbocycles. The Bertz CT molecular complexity index is 652. The quantitative estimate of drug-likeness (QED) is 0.862. The second-order valence-corrected chi connectivity index (χ2v) is 6.16. The highest BCUT2D eigenvalue weighted by atomic mass is 16.3. The number of nitrogens with zero attached hydrogens (tertiary/aromatic N) is 1. The highest BCUT2D eigenvalue weighted by Gasteiger charge is 2.27. The third kappa shape index (κ3) is 4.04. The van der Waals surface area contributed by atoms with E-state index in [0.717, 1.165) is 22.9 Å². The van der Waals surface area contributed by atoms with Gasteiger partial charge in [-0.25, -0.2) is 0 Å². The number of benzene rings is 1. The van der Waals surface area contributed by atoms with Gasteiger partial charge in [-0.15, -0.1) is 0 Å². The minimum absolute atomic E-state index is 0.0966. The van der Waals surface area contributed by atoms with Gasteiger partial charge in [-0.3, -0.25) is 9.78 Å². The Balaban J connectivity index is 1.96. The summed E-state index contributed by atoms with van der Waals surface area (Å²) in [6, 6.07) is 9.81. The smallest absolute Gasteiger partial charge is 0.224 e. The summed E-state index contributed by atoms with van der Waals surface area (Å²) in [6.45, 7) is 6.04. The van der Waals surface area contributed by atoms with Crippen molar-refractivity contribution >= 4 is 16.8 Å². The number of aliphatic hydroxyl groups is 1. The van der Waals surface area contributed by atoms with Gasteiger partial charge < -0.3 is 10.4 Å². The van der Waals surface area contributed by atoms with E-state index in [-0.39, 0.29) is 24.8 Å². The molecule has 0 radical (unpaired) electrons. The van der Waals surface area contributed by atoms with E-state index in [0.29, 0.717) is 0 Å². The molecule has 118 valence electrons. The van der Waals surface area contributed by atoms with Crippen molar-refractivity contribution in [3.05, 3.63) is 42.1 Å². The molecule has 0 aliphatic heterocycles. The van der Waals surface area contributed by atoms with E-state index in [1.807, 2.05) is 44.2 Å². The van der Waals surface area contributed by atoms with Crippen LogP contribution in [0.3, 0.4) is 0 Å². The number of fused-ring (bicyclic) bond motifs is 1. The van der Waals surface area contributed by atoms with Gasteiger partial charge in [-0.05, 0) is 30.5 Å². The van der Waals surface area contributed by atoms with Gasteiger partial charge in [0.15, 0.2) is 0 Å². The molecular weight excluding hydrogens is 276 g/mol. The lowest BCUT2D eigenvalue weighted by atomic mass is 9.88. The molecule has 22 heavy (non-hydrogen) atoms. The number of amides is 1. The van der Waals surface area contributed by atoms with Crippen LogP contribution in [0.5, 0.6) is 0 Å². The van der Waals surface area contributed by atoms with Crippen molar-refractivity contribution in [3.8, 4) is 0 Å². The summed E-state index contributed by atoms with van der Waals surface area (Å²) >= 11 is 0. The van der Waals surface area contributed by atoms with Crippen molar-refractivity contribution in [1.82, 2.24) is 10.3 Å². The van der Waals surface area contributed by atoms with E-state index in [2.05, 4.69) is 10.3 Å². The summed E-state index contributed by atoms with van der Waals surface area (Å²) in [6.07, 6.45) is 2.88. The van der Waals surface area contributed by atoms with Crippen LogP contribution < -0.4 is 5.32 Å². The maximum absolute atomic E-state index is 12.1. The Morgan fingerprint density at radius 2 is 2.14 bits per heavy atom. The van der Waals surface area contributed by atoms with Gasteiger partial charge in [0, 0.05) is 18.1 Å². The van der Waals surface area contributed by atoms with E-state index < -0.39 is 5.60 Å². The van der Waals surface area contributed by atoms with Crippen LogP contribution in [0.4, 0.5) is 0 Å². The highest BCUT2D eigenvalue weighted by molar-refractivity contribution is 5.82. The van der Waals surface area contributed by atoms with Crippen LogP contribution in [-0.4, -0.2) is 28.1 Å². The largest absolute Gasteiger partial charge is 0.388 e. The van der Waals surface area contributed by atoms with Crippen LogP contribution in [0, 0.1) is 5.92 Å². The first-order chi connectivity index (χ1) is 10.4. The predicted molar refractivity (Wildman–Crippen MR) is 88.5 cm³/mol. The molecule has 2 N–H and O–H groups in total. The first-order valence-corrected chi connectivity index (χ1v) is 7.75. The van der Waals surface area contributed by atoms with Crippen LogP contribution in [0.15, 0.2) is 36.5 Å². The highest BCUT2D eigenvalue weighted by Crippen LogP contribution is 2.19. The van der Waals surface area contributed by atoms with E-state index in [9.17, 15) is 9.90 Å². The van der Waals surface area contributed by atoms with Gasteiger partial charge in [0.2, 0.25) is 5.91 Å². The van der Waals surface area contributed by atoms with Gasteiger partial charge in [-0.1, -0.05) is 38.5 Å². The Kier molecular flexibility index (Phi) is 5.14. The van der Waals surface area contributed by atoms with Crippen LogP contribution in [0.25, 0.3) is 10.9 Å². The summed E-state index contributed by atoms with van der Waals surface area (Å²) in [5.74, 6) is 0.0378. The molecule has 0 unspecified atom stereocenters. The monoisotopic (exact) mass is 300 g/mol. The van der Waals surface area contributed by atoms with Gasteiger partial charge >= 0.3 is 0 Å². The van der Waals surface area contributed by atoms with E-state index in [1.54, 1.807) is 13.1 Å². The summed E-state index contributed by atoms with van der Waals surface area (Å²) in [5.41, 5.74) is 0.914. The zero-order valence-corrected chi connectivity index (χ0v) is 13.5. The SMILES string of the molecule is CC[C@H](C)[C@@](C)(O)CNC(=O)Cc1cnc2ccccc2c1. The average Bonchev–Trinajstić information content (AvgIpc) is 2.52. The van der Waals surface area contributed by atoms with Gasteiger partial charge in [0.1, 0.15) is 0 Å². The van der Waals surface area contributed by atoms with Crippen molar-refractivity contribution in [2.24, 2.45) is 5.92 Å². The number of carbonyl (C=O) groups excluding carboxylic acids is 1. The third-order valence-corrected chi connectivity index (χ3v) is 4.33. The van der Waals surface area contributed by atoms with Crippen molar-refractivity contribution in [2.45, 2.75) is 39.2 Å². The Labute approximate surface area is 131 Å². The number of rotatable bonds is 6. The molecule has 1 aromatic heterocycles. The number of hydrogen-bond donors (Lipinski definition) is 2. The molecule has 1 aromatic carbocycles. The number of para-hydroxylation sites is 1. The molecule has 2 rings (SSSR count). The molecule has 0 aliphatic rings. The summed E-state index contributed by atoms with van der Waals surface area (Å²) in [4.78, 5) is 16.4. The molecule has 0 aliphatic carbocycles. The molecule has 4 heteroatoms. The average molecular weight is 300 g/mol. The molecule has 4 nitrogen and oxygen atoms in total. The maximum atomic E-state index is 12.1. The second kappa shape index (κ2) is 6.88. The molecular formula is C18H24N2O2. The Morgan fingerprint density at radius 1 is 1.41 bits per heavy atom. The minimum atomic E-state index is -0.883. The van der Waals surface area contributed by atoms with Crippen LogP contribution in [-0.2, 0) is 11.2 Å². The first kappa shape index (κ1) is 16.4. The minimum Gasteiger partial charge on any atom is -0.388 e. The molecule has 1 heterocycles. The number of aromatic nitrogens is 1. The van der Waals surface area contributed by atoms with E-state index >= 15 is 0 Å². The lowest BCUT2D eigenvalue weighted by Gasteiger charge is -2.29. The fourth-order valence-corrected chi connectivity index (χ4v) is 2.35. The molecule has 2 atom stereocenters. The van der Waals surface area contributed by atoms with E-state index in [1.165, 1.54) is 0 Å². The van der Waals surface area contributed by atoms with Gasteiger partial charge in [0.25, 0.3) is 0 Å². The molecule has 1 amide bonds. The number of pyridine rings is 1. The normalized spacial score (nSPS) is 15.3. The van der Waals surface area contributed by atoms with Crippen molar-refractivity contribution < 1.29 is 9.90 Å². The zero-order chi connectivity index (χ0) is 16.2. The Morgan fingerprint density at radius 3 is 2.86 bits per heavy atom. The molecule has 0 saturated heterocycles. The van der Waals surface area contributed by atoms with Crippen molar-refractivity contribution in [1.29, 1.82) is 0 Å². The summed E-state index contributed by atoms with van der Waals surface area (Å²) in [5, 5.41) is 14.2. The van der Waals surface area contributed by atoms with Crippen molar-refractivity contribution in [3.63, 3.8) is 0 Å². The van der Waals surface area contributed by atoms with Crippen molar-refractivity contribution in [2.75, 3.05) is 6.54 Å². The third-order valence-electron chi connectivity index (χ3n) is 4.33. The van der Waals surface area contributed by atoms with Crippen LogP contribution in [0.1, 0.15) is 32.8 Å². The number of nitrogens with one attached hydrogen (secondary N) is 1. The summed E-state index contributed by atoms with van der Waals surface area (Å²) in [7, 11) is 0. The topological polar surface area (TPSA) is 62.2 Å². The van der Waals surface area contributed by atoms with Crippen LogP contribution in [0.2, 0.25) is 0 Å². The number of carbonyl (C=O) groups is 1.